The number of hydrogen-bond donors (Lipinski definition) is 1. The first-order chi connectivity index (χ1) is 17.3. The molecule has 0 aliphatic carbocycles. The van der Waals surface area contributed by atoms with Crippen LogP contribution in [0.3, 0.4) is 0 Å². The van der Waals surface area contributed by atoms with E-state index in [1.807, 2.05) is 58.9 Å². The fraction of sp³-hybridized carbons (Fsp3) is 0.231. The van der Waals surface area contributed by atoms with Crippen LogP contribution in [0, 0.1) is 5.82 Å². The Labute approximate surface area is 209 Å². The van der Waals surface area contributed by atoms with Gasteiger partial charge in [-0.3, -0.25) is 9.67 Å². The smallest absolute Gasteiger partial charge is 0.164 e. The standard InChI is InChI=1S/C26H27BFN7O/c1-15(13-34(2)3)36-22-11-16(18-12-32-35(4)25(18)27)10-21-23(22)26(31-14-30-21)33-20-8-7-19-17(24(20)28)6-5-9-29-19/h5-12,14-15H,13,27H2,1-4H3,(H,30,31,33)/t15-/m1/s1. The maximum atomic E-state index is 15.3. The second kappa shape index (κ2) is 9.54. The summed E-state index contributed by atoms with van der Waals surface area (Å²) in [5, 5.41) is 8.68. The van der Waals surface area contributed by atoms with Crippen LogP contribution in [0.1, 0.15) is 6.92 Å². The van der Waals surface area contributed by atoms with Gasteiger partial charge in [-0.2, -0.15) is 5.10 Å². The Morgan fingerprint density at radius 2 is 1.97 bits per heavy atom. The van der Waals surface area contributed by atoms with Gasteiger partial charge in [-0.25, -0.2) is 14.4 Å². The van der Waals surface area contributed by atoms with Gasteiger partial charge in [0, 0.05) is 36.3 Å². The molecule has 3 aromatic heterocycles. The number of aromatic nitrogens is 5. The van der Waals surface area contributed by atoms with Crippen molar-refractivity contribution in [2.75, 3.05) is 26.0 Å². The largest absolute Gasteiger partial charge is 0.489 e. The number of nitrogens with one attached hydrogen (secondary N) is 1. The van der Waals surface area contributed by atoms with Crippen molar-refractivity contribution in [2.24, 2.45) is 7.05 Å². The van der Waals surface area contributed by atoms with Gasteiger partial charge in [-0.15, -0.1) is 0 Å². The van der Waals surface area contributed by atoms with Crippen LogP contribution in [0.25, 0.3) is 32.9 Å². The minimum atomic E-state index is -0.390. The van der Waals surface area contributed by atoms with Crippen LogP contribution in [-0.4, -0.2) is 64.2 Å². The van der Waals surface area contributed by atoms with Gasteiger partial charge in [-0.05, 0) is 63.0 Å². The van der Waals surface area contributed by atoms with Crippen LogP contribution in [-0.2, 0) is 7.05 Å². The number of aryl methyl sites for hydroxylation is 1. The van der Waals surface area contributed by atoms with E-state index in [9.17, 15) is 0 Å². The lowest BCUT2D eigenvalue weighted by Gasteiger charge is -2.21. The molecule has 8 nitrogen and oxygen atoms in total. The molecule has 10 heteroatoms. The number of ether oxygens (including phenoxy) is 1. The average molecular weight is 483 g/mol. The van der Waals surface area contributed by atoms with Crippen molar-refractivity contribution in [1.82, 2.24) is 29.6 Å². The van der Waals surface area contributed by atoms with Crippen LogP contribution >= 0.6 is 0 Å². The van der Waals surface area contributed by atoms with E-state index in [-0.39, 0.29) is 6.10 Å². The molecule has 3 heterocycles. The number of pyridine rings is 1. The third kappa shape index (κ3) is 4.47. The first kappa shape index (κ1) is 23.7. The predicted octanol–water partition coefficient (Wildman–Crippen LogP) is 3.05. The Morgan fingerprint density at radius 3 is 2.72 bits per heavy atom. The lowest BCUT2D eigenvalue weighted by atomic mass is 9.94. The molecule has 0 saturated carbocycles. The topological polar surface area (TPSA) is 81.0 Å². The molecular weight excluding hydrogens is 456 g/mol. The quantitative estimate of drug-likeness (QED) is 0.357. The van der Waals surface area contributed by atoms with Gasteiger partial charge in [0.2, 0.25) is 0 Å². The number of benzene rings is 2. The number of nitrogens with zero attached hydrogens (tertiary/aromatic N) is 6. The van der Waals surface area contributed by atoms with Crippen molar-refractivity contribution in [3.05, 3.63) is 60.9 Å². The summed E-state index contributed by atoms with van der Waals surface area (Å²) in [7, 11) is 7.93. The molecule has 0 fully saturated rings. The molecule has 0 aliphatic heterocycles. The van der Waals surface area contributed by atoms with Gasteiger partial charge in [0.15, 0.2) is 13.7 Å². The zero-order valence-electron chi connectivity index (χ0n) is 21.0. The van der Waals surface area contributed by atoms with Crippen LogP contribution < -0.4 is 15.6 Å². The lowest BCUT2D eigenvalue weighted by molar-refractivity contribution is 0.179. The highest BCUT2D eigenvalue weighted by Crippen LogP contribution is 2.37. The zero-order chi connectivity index (χ0) is 25.4. The van der Waals surface area contributed by atoms with E-state index in [0.29, 0.717) is 39.1 Å². The van der Waals surface area contributed by atoms with Crippen molar-refractivity contribution in [3.8, 4) is 16.9 Å². The minimum Gasteiger partial charge on any atom is -0.489 e. The Hall–Kier alpha value is -4.05. The molecule has 1 N–H and O–H groups in total. The maximum Gasteiger partial charge on any atom is 0.164 e. The lowest BCUT2D eigenvalue weighted by Crippen LogP contribution is -2.28. The summed E-state index contributed by atoms with van der Waals surface area (Å²) in [6.07, 6.45) is 4.85. The monoisotopic (exact) mass is 483 g/mol. The first-order valence-corrected chi connectivity index (χ1v) is 11.7. The van der Waals surface area contributed by atoms with Crippen molar-refractivity contribution < 1.29 is 9.13 Å². The van der Waals surface area contributed by atoms with Crippen LogP contribution in [0.15, 0.2) is 55.1 Å². The summed E-state index contributed by atoms with van der Waals surface area (Å²) in [5.74, 6) is 0.688. The zero-order valence-corrected chi connectivity index (χ0v) is 21.0. The summed E-state index contributed by atoms with van der Waals surface area (Å²) in [4.78, 5) is 15.3. The van der Waals surface area contributed by atoms with E-state index < -0.39 is 5.82 Å². The highest BCUT2D eigenvalue weighted by atomic mass is 19.1. The highest BCUT2D eigenvalue weighted by molar-refractivity contribution is 6.34. The highest BCUT2D eigenvalue weighted by Gasteiger charge is 2.19. The van der Waals surface area contributed by atoms with Gasteiger partial charge < -0.3 is 15.0 Å². The number of hydrogen-bond acceptors (Lipinski definition) is 7. The second-order valence-electron chi connectivity index (χ2n) is 9.17. The van der Waals surface area contributed by atoms with Gasteiger partial charge >= 0.3 is 0 Å². The number of likely N-dealkylation sites (N-methyl/N-ethyl adjacent to an activating group) is 1. The van der Waals surface area contributed by atoms with Crippen LogP contribution in [0.2, 0.25) is 0 Å². The predicted molar refractivity (Wildman–Crippen MR) is 144 cm³/mol. The van der Waals surface area contributed by atoms with Gasteiger partial charge in [-0.1, -0.05) is 0 Å². The van der Waals surface area contributed by atoms with E-state index in [4.69, 9.17) is 4.74 Å². The van der Waals surface area contributed by atoms with E-state index in [1.54, 1.807) is 30.5 Å². The molecule has 5 aromatic rings. The summed E-state index contributed by atoms with van der Waals surface area (Å²) in [6, 6.07) is 10.8. The number of rotatable bonds is 7. The molecule has 1 atom stereocenters. The first-order valence-electron chi connectivity index (χ1n) is 11.7. The molecule has 0 aliphatic rings. The maximum absolute atomic E-state index is 15.3. The van der Waals surface area contributed by atoms with Crippen molar-refractivity contribution in [1.29, 1.82) is 0 Å². The molecule has 182 valence electrons. The van der Waals surface area contributed by atoms with E-state index in [0.717, 1.165) is 23.3 Å². The Balaban J connectivity index is 1.65. The number of halogens is 1. The molecule has 2 aromatic carbocycles. The Bertz CT molecular complexity index is 1570. The van der Waals surface area contributed by atoms with Crippen LogP contribution in [0.5, 0.6) is 5.75 Å². The van der Waals surface area contributed by atoms with Crippen molar-refractivity contribution >= 4 is 46.8 Å². The van der Waals surface area contributed by atoms with Gasteiger partial charge in [0.05, 0.1) is 28.3 Å². The van der Waals surface area contributed by atoms with Gasteiger partial charge in [0.1, 0.15) is 24.0 Å². The van der Waals surface area contributed by atoms with E-state index >= 15 is 4.39 Å². The van der Waals surface area contributed by atoms with Gasteiger partial charge in [0.25, 0.3) is 0 Å². The number of anilines is 2. The minimum absolute atomic E-state index is 0.106. The Morgan fingerprint density at radius 1 is 1.14 bits per heavy atom. The summed E-state index contributed by atoms with van der Waals surface area (Å²) in [6.45, 7) is 2.74. The molecular formula is C26H27BFN7O. The third-order valence-corrected chi connectivity index (χ3v) is 6.17. The molecule has 5 rings (SSSR count). The number of fused-ring (bicyclic) bond motifs is 2. The van der Waals surface area contributed by atoms with Crippen molar-refractivity contribution in [3.63, 3.8) is 0 Å². The summed E-state index contributed by atoms with van der Waals surface area (Å²) in [5.41, 5.74) is 4.53. The van der Waals surface area contributed by atoms with E-state index in [1.165, 1.54) is 6.33 Å². The summed E-state index contributed by atoms with van der Waals surface area (Å²) >= 11 is 0. The summed E-state index contributed by atoms with van der Waals surface area (Å²) < 4.78 is 23.6. The second-order valence-corrected chi connectivity index (χ2v) is 9.17. The molecule has 0 bridgehead atoms. The average Bonchev–Trinajstić information content (AvgIpc) is 3.18. The molecule has 0 spiro atoms. The van der Waals surface area contributed by atoms with Crippen LogP contribution in [0.4, 0.5) is 15.9 Å². The molecule has 0 amide bonds. The molecule has 0 radical (unpaired) electrons. The normalized spacial score (nSPS) is 12.4. The fourth-order valence-electron chi connectivity index (χ4n) is 4.39. The van der Waals surface area contributed by atoms with E-state index in [2.05, 4.69) is 30.3 Å². The molecule has 0 unspecified atom stereocenters. The Kier molecular flexibility index (Phi) is 6.28. The molecule has 0 saturated heterocycles. The SMILES string of the molecule is Bc1c(-c2cc(O[C@H](C)CN(C)C)c3c(Nc4ccc5ncccc5c4F)ncnc3c2)cnn1C. The third-order valence-electron chi connectivity index (χ3n) is 6.17. The fourth-order valence-corrected chi connectivity index (χ4v) is 4.39. The molecule has 36 heavy (non-hydrogen) atoms. The van der Waals surface area contributed by atoms with Crippen molar-refractivity contribution in [2.45, 2.75) is 13.0 Å².